The largest absolute Gasteiger partial charge is 0.416 e. The first-order valence-electron chi connectivity index (χ1n) is 9.10. The van der Waals surface area contributed by atoms with Gasteiger partial charge in [-0.2, -0.15) is 18.3 Å². The summed E-state index contributed by atoms with van der Waals surface area (Å²) in [5.74, 6) is 0. The SMILES string of the molecule is Cc1ccc(-c2ccc(=O)n(CCNC(=O)Nc3cccc(C(F)(F)F)c3)n2)cc1. The van der Waals surface area contributed by atoms with Crippen LogP contribution >= 0.6 is 0 Å². The van der Waals surface area contributed by atoms with Gasteiger partial charge in [-0.1, -0.05) is 35.9 Å². The number of hydrogen-bond donors (Lipinski definition) is 2. The van der Waals surface area contributed by atoms with Gasteiger partial charge in [-0.15, -0.1) is 0 Å². The fourth-order valence-corrected chi connectivity index (χ4v) is 2.71. The second-order valence-electron chi connectivity index (χ2n) is 6.61. The molecule has 0 fully saturated rings. The van der Waals surface area contributed by atoms with Gasteiger partial charge in [0.05, 0.1) is 17.8 Å². The van der Waals surface area contributed by atoms with E-state index >= 15 is 0 Å². The molecular weight excluding hydrogens is 397 g/mol. The van der Waals surface area contributed by atoms with E-state index in [1.165, 1.54) is 22.9 Å². The number of urea groups is 1. The van der Waals surface area contributed by atoms with Gasteiger partial charge in [0.25, 0.3) is 5.56 Å². The van der Waals surface area contributed by atoms with Crippen molar-refractivity contribution in [1.82, 2.24) is 15.1 Å². The zero-order valence-electron chi connectivity index (χ0n) is 16.0. The van der Waals surface area contributed by atoms with Crippen LogP contribution in [0.5, 0.6) is 0 Å². The standard InChI is InChI=1S/C21H19F3N4O2/c1-14-5-7-15(8-6-14)18-9-10-19(29)28(27-18)12-11-25-20(30)26-17-4-2-3-16(13-17)21(22,23)24/h2-10,13H,11-12H2,1H3,(H2,25,26,30). The number of rotatable bonds is 5. The second kappa shape index (κ2) is 8.81. The topological polar surface area (TPSA) is 76.0 Å². The maximum Gasteiger partial charge on any atom is 0.416 e. The zero-order chi connectivity index (χ0) is 21.7. The minimum atomic E-state index is -4.50. The lowest BCUT2D eigenvalue weighted by atomic mass is 10.1. The van der Waals surface area contributed by atoms with Crippen LogP contribution in [0.4, 0.5) is 23.7 Å². The number of carbonyl (C=O) groups excluding carboxylic acids is 1. The number of alkyl halides is 3. The highest BCUT2D eigenvalue weighted by Crippen LogP contribution is 2.30. The van der Waals surface area contributed by atoms with Gasteiger partial charge < -0.3 is 10.6 Å². The Morgan fingerprint density at radius 1 is 1.07 bits per heavy atom. The fourth-order valence-electron chi connectivity index (χ4n) is 2.71. The summed E-state index contributed by atoms with van der Waals surface area (Å²) in [5, 5.41) is 9.14. The first-order valence-corrected chi connectivity index (χ1v) is 9.10. The lowest BCUT2D eigenvalue weighted by molar-refractivity contribution is -0.137. The fraction of sp³-hybridized carbons (Fsp3) is 0.190. The summed E-state index contributed by atoms with van der Waals surface area (Å²) < 4.78 is 39.4. The van der Waals surface area contributed by atoms with Crippen molar-refractivity contribution in [2.75, 3.05) is 11.9 Å². The number of amides is 2. The molecule has 0 aliphatic rings. The van der Waals surface area contributed by atoms with Crippen LogP contribution < -0.4 is 16.2 Å². The molecular formula is C21H19F3N4O2. The van der Waals surface area contributed by atoms with E-state index in [1.807, 2.05) is 31.2 Å². The zero-order valence-corrected chi connectivity index (χ0v) is 16.0. The Morgan fingerprint density at radius 3 is 2.50 bits per heavy atom. The Balaban J connectivity index is 1.60. The maximum absolute atomic E-state index is 12.7. The average molecular weight is 416 g/mol. The van der Waals surface area contributed by atoms with Gasteiger partial charge in [0, 0.05) is 23.9 Å². The molecule has 0 spiro atoms. The van der Waals surface area contributed by atoms with Crippen molar-refractivity contribution >= 4 is 11.7 Å². The number of carbonyl (C=O) groups is 1. The molecule has 0 unspecified atom stereocenters. The van der Waals surface area contributed by atoms with Crippen LogP contribution in [0.25, 0.3) is 11.3 Å². The smallest absolute Gasteiger partial charge is 0.336 e. The summed E-state index contributed by atoms with van der Waals surface area (Å²) in [5.41, 5.74) is 1.39. The minimum absolute atomic E-state index is 0.0129. The predicted octanol–water partition coefficient (Wildman–Crippen LogP) is 4.06. The van der Waals surface area contributed by atoms with E-state index in [1.54, 1.807) is 6.07 Å². The van der Waals surface area contributed by atoms with Crippen molar-refractivity contribution in [3.8, 4) is 11.3 Å². The quantitative estimate of drug-likeness (QED) is 0.659. The third-order valence-corrected chi connectivity index (χ3v) is 4.27. The molecule has 0 radical (unpaired) electrons. The van der Waals surface area contributed by atoms with Gasteiger partial charge >= 0.3 is 12.2 Å². The van der Waals surface area contributed by atoms with Crippen LogP contribution in [-0.4, -0.2) is 22.4 Å². The minimum Gasteiger partial charge on any atom is -0.336 e. The van der Waals surface area contributed by atoms with E-state index in [0.717, 1.165) is 23.3 Å². The average Bonchev–Trinajstić information content (AvgIpc) is 2.69. The molecule has 156 valence electrons. The van der Waals surface area contributed by atoms with E-state index in [2.05, 4.69) is 15.7 Å². The van der Waals surface area contributed by atoms with E-state index < -0.39 is 17.8 Å². The Kier molecular flexibility index (Phi) is 6.20. The van der Waals surface area contributed by atoms with Gasteiger partial charge in [0.2, 0.25) is 0 Å². The van der Waals surface area contributed by atoms with Crippen LogP contribution in [0.15, 0.2) is 65.5 Å². The lowest BCUT2D eigenvalue weighted by Gasteiger charge is -2.11. The molecule has 1 aromatic heterocycles. The molecule has 0 saturated heterocycles. The molecule has 3 rings (SSSR count). The summed E-state index contributed by atoms with van der Waals surface area (Å²) in [6.07, 6.45) is -4.50. The number of aryl methyl sites for hydroxylation is 1. The molecule has 0 atom stereocenters. The van der Waals surface area contributed by atoms with E-state index in [9.17, 15) is 22.8 Å². The summed E-state index contributed by atoms with van der Waals surface area (Å²) in [7, 11) is 0. The summed E-state index contributed by atoms with van der Waals surface area (Å²) in [6.45, 7) is 2.14. The van der Waals surface area contributed by atoms with Crippen LogP contribution in [0.3, 0.4) is 0 Å². The molecule has 1 heterocycles. The first-order chi connectivity index (χ1) is 14.2. The first kappa shape index (κ1) is 21.1. The van der Waals surface area contributed by atoms with Crippen molar-refractivity contribution in [1.29, 1.82) is 0 Å². The maximum atomic E-state index is 12.7. The van der Waals surface area contributed by atoms with Crippen LogP contribution in [0.2, 0.25) is 0 Å². The lowest BCUT2D eigenvalue weighted by Crippen LogP contribution is -2.34. The van der Waals surface area contributed by atoms with Crippen molar-refractivity contribution in [2.45, 2.75) is 19.6 Å². The molecule has 6 nitrogen and oxygen atoms in total. The van der Waals surface area contributed by atoms with Crippen LogP contribution in [0, 0.1) is 6.92 Å². The van der Waals surface area contributed by atoms with Crippen LogP contribution in [-0.2, 0) is 12.7 Å². The molecule has 0 saturated carbocycles. The molecule has 0 aliphatic carbocycles. The van der Waals surface area contributed by atoms with Crippen LogP contribution in [0.1, 0.15) is 11.1 Å². The Bertz CT molecular complexity index is 1090. The Labute approximate surface area is 170 Å². The van der Waals surface area contributed by atoms with Crippen molar-refractivity contribution in [2.24, 2.45) is 0 Å². The number of nitrogens with one attached hydrogen (secondary N) is 2. The number of hydrogen-bond acceptors (Lipinski definition) is 3. The van der Waals surface area contributed by atoms with Gasteiger partial charge in [-0.05, 0) is 31.2 Å². The molecule has 30 heavy (non-hydrogen) atoms. The number of anilines is 1. The highest BCUT2D eigenvalue weighted by atomic mass is 19.4. The monoisotopic (exact) mass is 416 g/mol. The Morgan fingerprint density at radius 2 is 1.80 bits per heavy atom. The van der Waals surface area contributed by atoms with E-state index in [-0.39, 0.29) is 24.3 Å². The number of aromatic nitrogens is 2. The van der Waals surface area contributed by atoms with Crippen molar-refractivity contribution in [3.63, 3.8) is 0 Å². The predicted molar refractivity (Wildman–Crippen MR) is 107 cm³/mol. The molecule has 9 heteroatoms. The van der Waals surface area contributed by atoms with Crippen molar-refractivity contribution < 1.29 is 18.0 Å². The summed E-state index contributed by atoms with van der Waals surface area (Å²) in [6, 6.07) is 14.3. The third kappa shape index (κ3) is 5.47. The van der Waals surface area contributed by atoms with Crippen molar-refractivity contribution in [3.05, 3.63) is 82.1 Å². The van der Waals surface area contributed by atoms with E-state index in [0.29, 0.717) is 5.69 Å². The molecule has 2 N–H and O–H groups in total. The second-order valence-corrected chi connectivity index (χ2v) is 6.61. The molecule has 2 aromatic carbocycles. The van der Waals surface area contributed by atoms with Gasteiger partial charge in [0.1, 0.15) is 0 Å². The summed E-state index contributed by atoms with van der Waals surface area (Å²) >= 11 is 0. The highest BCUT2D eigenvalue weighted by Gasteiger charge is 2.30. The molecule has 0 aliphatic heterocycles. The molecule has 0 bridgehead atoms. The number of halogens is 3. The van der Waals surface area contributed by atoms with Gasteiger partial charge in [0.15, 0.2) is 0 Å². The number of benzene rings is 2. The van der Waals surface area contributed by atoms with Gasteiger partial charge in [-0.3, -0.25) is 4.79 Å². The summed E-state index contributed by atoms with van der Waals surface area (Å²) in [4.78, 5) is 24.0. The molecule has 2 amide bonds. The third-order valence-electron chi connectivity index (χ3n) is 4.27. The van der Waals surface area contributed by atoms with Gasteiger partial charge in [-0.25, -0.2) is 9.48 Å². The number of nitrogens with zero attached hydrogens (tertiary/aromatic N) is 2. The Hall–Kier alpha value is -3.62. The molecule has 3 aromatic rings. The van der Waals surface area contributed by atoms with E-state index in [4.69, 9.17) is 0 Å². The highest BCUT2D eigenvalue weighted by molar-refractivity contribution is 5.89. The normalized spacial score (nSPS) is 11.2.